The second kappa shape index (κ2) is 5.88. The van der Waals surface area contributed by atoms with Gasteiger partial charge in [0, 0.05) is 12.6 Å². The summed E-state index contributed by atoms with van der Waals surface area (Å²) in [5.74, 6) is -0.977. The Kier molecular flexibility index (Phi) is 4.21. The van der Waals surface area contributed by atoms with E-state index in [0.717, 1.165) is 25.1 Å². The minimum absolute atomic E-state index is 0.0670. The average Bonchev–Trinajstić information content (AvgIpc) is 2.83. The molecule has 0 saturated carbocycles. The molecule has 2 aromatic rings. The van der Waals surface area contributed by atoms with Crippen LogP contribution in [-0.2, 0) is 6.54 Å². The number of halogens is 2. The predicted octanol–water partition coefficient (Wildman–Crippen LogP) is 2.35. The molecule has 0 saturated heterocycles. The predicted molar refractivity (Wildman–Crippen MR) is 68.0 cm³/mol. The van der Waals surface area contributed by atoms with Gasteiger partial charge < -0.3 is 5.32 Å². The van der Waals surface area contributed by atoms with Crippen LogP contribution in [-0.4, -0.2) is 21.5 Å². The Labute approximate surface area is 110 Å². The number of benzene rings is 1. The van der Waals surface area contributed by atoms with Gasteiger partial charge in [-0.3, -0.25) is 0 Å². The van der Waals surface area contributed by atoms with Crippen molar-refractivity contribution >= 4 is 0 Å². The van der Waals surface area contributed by atoms with E-state index in [2.05, 4.69) is 22.6 Å². The van der Waals surface area contributed by atoms with Crippen molar-refractivity contribution in [3.05, 3.63) is 41.2 Å². The van der Waals surface area contributed by atoms with Gasteiger partial charge in [-0.25, -0.2) is 13.5 Å². The molecule has 0 unspecified atom stereocenters. The van der Waals surface area contributed by atoms with Gasteiger partial charge in [-0.05, 0) is 31.5 Å². The molecule has 0 bridgehead atoms. The summed E-state index contributed by atoms with van der Waals surface area (Å²) >= 11 is 0. The van der Waals surface area contributed by atoms with Gasteiger partial charge in [0.15, 0.2) is 0 Å². The molecule has 6 heteroatoms. The number of nitrogens with one attached hydrogen (secondary N) is 1. The van der Waals surface area contributed by atoms with Crippen LogP contribution in [0.3, 0.4) is 0 Å². The molecular formula is C13H16F2N4. The molecule has 0 radical (unpaired) electrons. The van der Waals surface area contributed by atoms with E-state index >= 15 is 0 Å². The van der Waals surface area contributed by atoms with Crippen LogP contribution < -0.4 is 5.32 Å². The summed E-state index contributed by atoms with van der Waals surface area (Å²) < 4.78 is 28.5. The number of aromatic nitrogens is 3. The van der Waals surface area contributed by atoms with Gasteiger partial charge in [-0.2, -0.15) is 0 Å². The van der Waals surface area contributed by atoms with Gasteiger partial charge in [0.25, 0.3) is 0 Å². The molecule has 2 rings (SSSR count). The molecule has 19 heavy (non-hydrogen) atoms. The molecule has 0 fully saturated rings. The number of rotatable bonds is 5. The molecule has 0 amide bonds. The Morgan fingerprint density at radius 3 is 2.79 bits per heavy atom. The van der Waals surface area contributed by atoms with Gasteiger partial charge in [-0.1, -0.05) is 12.1 Å². The van der Waals surface area contributed by atoms with E-state index in [1.807, 2.05) is 0 Å². The van der Waals surface area contributed by atoms with Crippen molar-refractivity contribution in [2.45, 2.75) is 26.8 Å². The molecular weight excluding hydrogens is 250 g/mol. The van der Waals surface area contributed by atoms with Crippen LogP contribution in [0.5, 0.6) is 0 Å². The molecule has 1 N–H and O–H groups in total. The zero-order valence-electron chi connectivity index (χ0n) is 11.0. The lowest BCUT2D eigenvalue weighted by Gasteiger charge is -2.04. The summed E-state index contributed by atoms with van der Waals surface area (Å²) in [7, 11) is 0. The normalized spacial score (nSPS) is 10.9. The maximum atomic E-state index is 13.8. The third kappa shape index (κ3) is 3.14. The van der Waals surface area contributed by atoms with Crippen molar-refractivity contribution in [1.29, 1.82) is 0 Å². The molecule has 0 spiro atoms. The van der Waals surface area contributed by atoms with Crippen LogP contribution in [0, 0.1) is 18.6 Å². The monoisotopic (exact) mass is 266 g/mol. The van der Waals surface area contributed by atoms with Crippen LogP contribution in [0.15, 0.2) is 18.3 Å². The fraction of sp³-hybridized carbons (Fsp3) is 0.385. The quantitative estimate of drug-likeness (QED) is 0.845. The van der Waals surface area contributed by atoms with Gasteiger partial charge >= 0.3 is 0 Å². The van der Waals surface area contributed by atoms with Crippen LogP contribution in [0.25, 0.3) is 5.69 Å². The lowest BCUT2D eigenvalue weighted by molar-refractivity contribution is 0.578. The van der Waals surface area contributed by atoms with Gasteiger partial charge in [0.05, 0.1) is 11.9 Å². The minimum atomic E-state index is -0.517. The highest BCUT2D eigenvalue weighted by molar-refractivity contribution is 5.36. The Hall–Kier alpha value is -1.82. The second-order valence-corrected chi connectivity index (χ2v) is 4.38. The maximum absolute atomic E-state index is 13.8. The van der Waals surface area contributed by atoms with E-state index in [0.29, 0.717) is 12.2 Å². The summed E-state index contributed by atoms with van der Waals surface area (Å²) in [4.78, 5) is 0. The molecule has 4 nitrogen and oxygen atoms in total. The molecule has 1 heterocycles. The van der Waals surface area contributed by atoms with Gasteiger partial charge in [0.1, 0.15) is 17.3 Å². The number of hydrogen-bond donors (Lipinski definition) is 1. The Morgan fingerprint density at radius 2 is 2.05 bits per heavy atom. The van der Waals surface area contributed by atoms with Crippen LogP contribution in [0.2, 0.25) is 0 Å². The Bertz CT molecular complexity index is 566. The lowest BCUT2D eigenvalue weighted by Crippen LogP contribution is -2.13. The average molecular weight is 266 g/mol. The molecule has 102 valence electrons. The van der Waals surface area contributed by atoms with Crippen LogP contribution in [0.4, 0.5) is 8.78 Å². The first-order valence-corrected chi connectivity index (χ1v) is 6.19. The van der Waals surface area contributed by atoms with E-state index in [-0.39, 0.29) is 11.3 Å². The minimum Gasteiger partial charge on any atom is -0.311 e. The zero-order chi connectivity index (χ0) is 13.8. The highest BCUT2D eigenvalue weighted by atomic mass is 19.1. The molecule has 0 aliphatic carbocycles. The fourth-order valence-electron chi connectivity index (χ4n) is 1.70. The third-order valence-electron chi connectivity index (χ3n) is 2.75. The van der Waals surface area contributed by atoms with Crippen molar-refractivity contribution in [2.75, 3.05) is 6.54 Å². The molecule has 1 aromatic carbocycles. The van der Waals surface area contributed by atoms with E-state index in [1.54, 1.807) is 6.20 Å². The van der Waals surface area contributed by atoms with Crippen molar-refractivity contribution in [2.24, 2.45) is 0 Å². The maximum Gasteiger partial charge on any atom is 0.149 e. The molecule has 0 aliphatic heterocycles. The number of hydrogen-bond acceptors (Lipinski definition) is 3. The van der Waals surface area contributed by atoms with Crippen molar-refractivity contribution in [3.8, 4) is 5.69 Å². The van der Waals surface area contributed by atoms with Crippen molar-refractivity contribution in [1.82, 2.24) is 20.3 Å². The smallest absolute Gasteiger partial charge is 0.149 e. The SMILES string of the molecule is CCCNCc1cn(-c2cc(F)c(C)cc2F)nn1. The van der Waals surface area contributed by atoms with E-state index in [4.69, 9.17) is 0 Å². The first kappa shape index (κ1) is 13.6. The summed E-state index contributed by atoms with van der Waals surface area (Å²) in [6, 6.07) is 2.28. The van der Waals surface area contributed by atoms with Gasteiger partial charge in [0.2, 0.25) is 0 Å². The highest BCUT2D eigenvalue weighted by Crippen LogP contribution is 2.17. The summed E-state index contributed by atoms with van der Waals surface area (Å²) in [5.41, 5.74) is 1.03. The Morgan fingerprint density at radius 1 is 1.26 bits per heavy atom. The number of aryl methyl sites for hydroxylation is 1. The topological polar surface area (TPSA) is 42.7 Å². The molecule has 0 aliphatic rings. The summed E-state index contributed by atoms with van der Waals surface area (Å²) in [5, 5.41) is 10.9. The van der Waals surface area contributed by atoms with E-state index in [9.17, 15) is 8.78 Å². The second-order valence-electron chi connectivity index (χ2n) is 4.38. The van der Waals surface area contributed by atoms with Crippen LogP contribution >= 0.6 is 0 Å². The fourth-order valence-corrected chi connectivity index (χ4v) is 1.70. The van der Waals surface area contributed by atoms with Crippen LogP contribution in [0.1, 0.15) is 24.6 Å². The zero-order valence-corrected chi connectivity index (χ0v) is 11.0. The highest BCUT2D eigenvalue weighted by Gasteiger charge is 2.11. The lowest BCUT2D eigenvalue weighted by atomic mass is 10.2. The Balaban J connectivity index is 2.20. The van der Waals surface area contributed by atoms with Crippen molar-refractivity contribution in [3.63, 3.8) is 0 Å². The standard InChI is InChI=1S/C13H16F2N4/c1-3-4-16-7-10-8-19(18-17-10)13-6-11(14)9(2)5-12(13)15/h5-6,8,16H,3-4,7H2,1-2H3. The summed E-state index contributed by atoms with van der Waals surface area (Å²) in [6.45, 7) is 5.02. The third-order valence-corrected chi connectivity index (χ3v) is 2.75. The first-order valence-electron chi connectivity index (χ1n) is 6.19. The summed E-state index contributed by atoms with van der Waals surface area (Å²) in [6.07, 6.45) is 2.61. The first-order chi connectivity index (χ1) is 9.11. The van der Waals surface area contributed by atoms with Crippen molar-refractivity contribution < 1.29 is 8.78 Å². The van der Waals surface area contributed by atoms with E-state index < -0.39 is 11.6 Å². The molecule has 0 atom stereocenters. The number of nitrogens with zero attached hydrogens (tertiary/aromatic N) is 3. The molecule has 1 aromatic heterocycles. The largest absolute Gasteiger partial charge is 0.311 e. The van der Waals surface area contributed by atoms with Gasteiger partial charge in [-0.15, -0.1) is 5.10 Å². The van der Waals surface area contributed by atoms with E-state index in [1.165, 1.54) is 11.6 Å².